The second kappa shape index (κ2) is 7.97. The molecule has 1 aliphatic heterocycles. The zero-order valence-corrected chi connectivity index (χ0v) is 16.3. The minimum atomic E-state index is -0.128. The number of fused-ring (bicyclic) bond motifs is 1. The zero-order valence-electron chi connectivity index (χ0n) is 15.5. The largest absolute Gasteiger partial charge is 0.497 e. The Morgan fingerprint density at radius 2 is 2.21 bits per heavy atom. The fourth-order valence-electron chi connectivity index (χ4n) is 3.10. The lowest BCUT2D eigenvalue weighted by molar-refractivity contribution is -0.125. The highest BCUT2D eigenvalue weighted by molar-refractivity contribution is 7.22. The first-order valence-electron chi connectivity index (χ1n) is 9.13. The second-order valence-electron chi connectivity index (χ2n) is 6.66. The maximum Gasteiger partial charge on any atom is 0.266 e. The van der Waals surface area contributed by atoms with Gasteiger partial charge < -0.3 is 15.0 Å². The molecule has 9 heteroatoms. The standard InChI is InChI=1S/C19H21N5O3S/c1-27-14-5-6-15-16(10-14)28-19(22-15)23-11-13(12-23)18(26)20-7-3-9-24-17(25)4-2-8-21-24/h2,4-6,8,10,13H,3,7,9,11-12H2,1H3,(H,20,26). The van der Waals surface area contributed by atoms with Crippen LogP contribution in [0, 0.1) is 5.92 Å². The van der Waals surface area contributed by atoms with Crippen molar-refractivity contribution in [1.82, 2.24) is 20.1 Å². The summed E-state index contributed by atoms with van der Waals surface area (Å²) in [5.74, 6) is 0.836. The minimum Gasteiger partial charge on any atom is -0.497 e. The molecule has 8 nitrogen and oxygen atoms in total. The van der Waals surface area contributed by atoms with Crippen LogP contribution in [0.4, 0.5) is 5.13 Å². The minimum absolute atomic E-state index is 0.0286. The number of nitrogens with zero attached hydrogens (tertiary/aromatic N) is 4. The third kappa shape index (κ3) is 3.84. The number of hydrogen-bond acceptors (Lipinski definition) is 7. The summed E-state index contributed by atoms with van der Waals surface area (Å²) in [6.45, 7) is 2.36. The van der Waals surface area contributed by atoms with Crippen LogP contribution in [0.5, 0.6) is 5.75 Å². The summed E-state index contributed by atoms with van der Waals surface area (Å²) in [5.41, 5.74) is 0.815. The van der Waals surface area contributed by atoms with Crippen molar-refractivity contribution >= 4 is 32.6 Å². The summed E-state index contributed by atoms with van der Waals surface area (Å²) in [5, 5.41) is 7.88. The van der Waals surface area contributed by atoms with Gasteiger partial charge in [-0.05, 0) is 30.7 Å². The first-order chi connectivity index (χ1) is 13.6. The van der Waals surface area contributed by atoms with Gasteiger partial charge in [0.1, 0.15) is 5.75 Å². The maximum atomic E-state index is 12.3. The molecule has 0 spiro atoms. The number of benzene rings is 1. The molecule has 0 aliphatic carbocycles. The van der Waals surface area contributed by atoms with Crippen molar-refractivity contribution < 1.29 is 9.53 Å². The van der Waals surface area contributed by atoms with Crippen LogP contribution in [0.25, 0.3) is 10.2 Å². The Balaban J connectivity index is 1.24. The zero-order chi connectivity index (χ0) is 19.5. The normalized spacial score (nSPS) is 14.1. The number of aromatic nitrogens is 3. The van der Waals surface area contributed by atoms with Gasteiger partial charge in [0.05, 0.1) is 23.2 Å². The van der Waals surface area contributed by atoms with E-state index in [9.17, 15) is 9.59 Å². The Morgan fingerprint density at radius 3 is 3.00 bits per heavy atom. The van der Waals surface area contributed by atoms with Crippen LogP contribution >= 0.6 is 11.3 Å². The SMILES string of the molecule is COc1ccc2nc(N3CC(C(=O)NCCCn4ncccc4=O)C3)sc2c1. The van der Waals surface area contributed by atoms with E-state index in [0.29, 0.717) is 32.6 Å². The Hall–Kier alpha value is -2.94. The van der Waals surface area contributed by atoms with E-state index < -0.39 is 0 Å². The number of hydrogen-bond donors (Lipinski definition) is 1. The number of rotatable bonds is 7. The average molecular weight is 399 g/mol. The Bertz CT molecular complexity index is 1040. The predicted molar refractivity (Wildman–Crippen MR) is 108 cm³/mol. The van der Waals surface area contributed by atoms with E-state index in [0.717, 1.165) is 21.1 Å². The molecule has 3 aromatic rings. The molecule has 0 radical (unpaired) electrons. The van der Waals surface area contributed by atoms with Crippen molar-refractivity contribution in [2.24, 2.45) is 5.92 Å². The Morgan fingerprint density at radius 1 is 1.36 bits per heavy atom. The highest BCUT2D eigenvalue weighted by Crippen LogP contribution is 2.34. The van der Waals surface area contributed by atoms with Crippen LogP contribution in [-0.2, 0) is 11.3 Å². The van der Waals surface area contributed by atoms with Gasteiger partial charge in [-0.15, -0.1) is 0 Å². The van der Waals surface area contributed by atoms with Crippen LogP contribution in [0.2, 0.25) is 0 Å². The summed E-state index contributed by atoms with van der Waals surface area (Å²) in [4.78, 5) is 30.6. The molecule has 0 saturated carbocycles. The third-order valence-corrected chi connectivity index (χ3v) is 5.82. The second-order valence-corrected chi connectivity index (χ2v) is 7.67. The van der Waals surface area contributed by atoms with Crippen molar-refractivity contribution in [2.75, 3.05) is 31.6 Å². The van der Waals surface area contributed by atoms with Crippen molar-refractivity contribution in [3.8, 4) is 5.75 Å². The molecule has 1 fully saturated rings. The molecule has 2 aromatic heterocycles. The fourth-order valence-corrected chi connectivity index (χ4v) is 4.11. The summed E-state index contributed by atoms with van der Waals surface area (Å²) in [6, 6.07) is 8.92. The summed E-state index contributed by atoms with van der Waals surface area (Å²) in [6.07, 6.45) is 2.25. The lowest BCUT2D eigenvalue weighted by Crippen LogP contribution is -2.53. The number of nitrogens with one attached hydrogen (secondary N) is 1. The van der Waals surface area contributed by atoms with Gasteiger partial charge in [0.15, 0.2) is 5.13 Å². The summed E-state index contributed by atoms with van der Waals surface area (Å²) >= 11 is 1.61. The van der Waals surface area contributed by atoms with Gasteiger partial charge in [-0.3, -0.25) is 9.59 Å². The molecule has 1 amide bonds. The van der Waals surface area contributed by atoms with Gasteiger partial charge >= 0.3 is 0 Å². The third-order valence-electron chi connectivity index (χ3n) is 4.74. The Labute approximate surface area is 165 Å². The van der Waals surface area contributed by atoms with Crippen molar-refractivity contribution in [3.05, 3.63) is 46.9 Å². The molecule has 4 rings (SSSR count). The first kappa shape index (κ1) is 18.4. The lowest BCUT2D eigenvalue weighted by Gasteiger charge is -2.37. The molecule has 28 heavy (non-hydrogen) atoms. The van der Waals surface area contributed by atoms with Crippen LogP contribution in [0.1, 0.15) is 6.42 Å². The number of carbonyl (C=O) groups excluding carboxylic acids is 1. The number of anilines is 1. The monoisotopic (exact) mass is 399 g/mol. The molecule has 0 unspecified atom stereocenters. The van der Waals surface area contributed by atoms with Crippen LogP contribution < -0.4 is 20.5 Å². The van der Waals surface area contributed by atoms with E-state index in [4.69, 9.17) is 4.74 Å². The Kier molecular flexibility index (Phi) is 5.25. The predicted octanol–water partition coefficient (Wildman–Crippen LogP) is 1.50. The number of amides is 1. The highest BCUT2D eigenvalue weighted by Gasteiger charge is 2.34. The number of aryl methyl sites for hydroxylation is 1. The maximum absolute atomic E-state index is 12.3. The smallest absolute Gasteiger partial charge is 0.266 e. The summed E-state index contributed by atoms with van der Waals surface area (Å²) < 4.78 is 7.73. The molecule has 0 atom stereocenters. The molecule has 1 aromatic carbocycles. The average Bonchev–Trinajstić information content (AvgIpc) is 3.07. The number of methoxy groups -OCH3 is 1. The summed E-state index contributed by atoms with van der Waals surface area (Å²) in [7, 11) is 1.65. The van der Waals surface area contributed by atoms with E-state index in [-0.39, 0.29) is 17.4 Å². The van der Waals surface area contributed by atoms with Gasteiger partial charge in [0.25, 0.3) is 5.56 Å². The molecule has 1 saturated heterocycles. The van der Waals surface area contributed by atoms with Gasteiger partial charge in [0.2, 0.25) is 5.91 Å². The van der Waals surface area contributed by atoms with E-state index in [1.807, 2.05) is 18.2 Å². The molecule has 146 valence electrons. The van der Waals surface area contributed by atoms with Crippen LogP contribution in [0.3, 0.4) is 0 Å². The van der Waals surface area contributed by atoms with Crippen molar-refractivity contribution in [3.63, 3.8) is 0 Å². The van der Waals surface area contributed by atoms with Crippen molar-refractivity contribution in [2.45, 2.75) is 13.0 Å². The quantitative estimate of drug-likeness (QED) is 0.606. The van der Waals surface area contributed by atoms with E-state index in [2.05, 4.69) is 20.3 Å². The lowest BCUT2D eigenvalue weighted by atomic mass is 10.00. The molecular weight excluding hydrogens is 378 g/mol. The molecule has 1 N–H and O–H groups in total. The first-order valence-corrected chi connectivity index (χ1v) is 9.95. The fraction of sp³-hybridized carbons (Fsp3) is 0.368. The topological polar surface area (TPSA) is 89.3 Å². The molecule has 3 heterocycles. The number of thiazole rings is 1. The molecule has 1 aliphatic rings. The molecule has 0 bridgehead atoms. The van der Waals surface area contributed by atoms with Gasteiger partial charge in [-0.1, -0.05) is 11.3 Å². The number of ether oxygens (including phenoxy) is 1. The van der Waals surface area contributed by atoms with Crippen molar-refractivity contribution in [1.29, 1.82) is 0 Å². The number of carbonyl (C=O) groups is 1. The van der Waals surface area contributed by atoms with E-state index in [1.165, 1.54) is 10.7 Å². The highest BCUT2D eigenvalue weighted by atomic mass is 32.1. The molecular formula is C19H21N5O3S. The van der Waals surface area contributed by atoms with Gasteiger partial charge in [-0.2, -0.15) is 5.10 Å². The van der Waals surface area contributed by atoms with Crippen LogP contribution in [-0.4, -0.2) is 47.4 Å². The van der Waals surface area contributed by atoms with E-state index >= 15 is 0 Å². The van der Waals surface area contributed by atoms with E-state index in [1.54, 1.807) is 30.7 Å². The van der Waals surface area contributed by atoms with Crippen LogP contribution in [0.15, 0.2) is 41.3 Å². The van der Waals surface area contributed by atoms with Gasteiger partial charge in [0, 0.05) is 38.4 Å². The van der Waals surface area contributed by atoms with Gasteiger partial charge in [-0.25, -0.2) is 9.67 Å².